The van der Waals surface area contributed by atoms with Crippen LogP contribution >= 0.6 is 0 Å². The number of benzene rings is 2. The second kappa shape index (κ2) is 6.98. The molecule has 0 spiro atoms. The Kier molecular flexibility index (Phi) is 5.04. The maximum absolute atomic E-state index is 13.4. The molecule has 0 atom stereocenters. The Morgan fingerprint density at radius 1 is 1.05 bits per heavy atom. The van der Waals surface area contributed by atoms with Gasteiger partial charge >= 0.3 is 0 Å². The van der Waals surface area contributed by atoms with Gasteiger partial charge in [0.15, 0.2) is 29.8 Å². The SMILES string of the molecule is CCN(C(=O)COc1ccccc1F)c1ccc(F)c(F)c1. The van der Waals surface area contributed by atoms with E-state index in [9.17, 15) is 18.0 Å². The molecular formula is C16H14F3NO2. The first-order valence-corrected chi connectivity index (χ1v) is 6.65. The van der Waals surface area contributed by atoms with Gasteiger partial charge in [0.25, 0.3) is 5.91 Å². The Morgan fingerprint density at radius 2 is 1.77 bits per heavy atom. The molecule has 0 unspecified atom stereocenters. The molecule has 0 saturated carbocycles. The summed E-state index contributed by atoms with van der Waals surface area (Å²) in [5.41, 5.74) is 0.212. The van der Waals surface area contributed by atoms with E-state index in [0.29, 0.717) is 0 Å². The molecule has 6 heteroatoms. The van der Waals surface area contributed by atoms with Crippen molar-refractivity contribution in [2.24, 2.45) is 0 Å². The summed E-state index contributed by atoms with van der Waals surface area (Å²) in [6, 6.07) is 8.86. The molecule has 0 fully saturated rings. The standard InChI is InChI=1S/C16H14F3NO2/c1-2-20(11-7-8-12(17)14(19)9-11)16(21)10-22-15-6-4-3-5-13(15)18/h3-9H,2,10H2,1H3. The van der Waals surface area contributed by atoms with Gasteiger partial charge in [-0.25, -0.2) is 13.2 Å². The molecule has 2 rings (SSSR count). The molecule has 0 aliphatic rings. The summed E-state index contributed by atoms with van der Waals surface area (Å²) in [5.74, 6) is -3.14. The summed E-state index contributed by atoms with van der Waals surface area (Å²) in [7, 11) is 0. The Morgan fingerprint density at radius 3 is 2.41 bits per heavy atom. The number of likely N-dealkylation sites (N-methyl/N-ethyl adjacent to an activating group) is 1. The molecule has 0 aromatic heterocycles. The highest BCUT2D eigenvalue weighted by molar-refractivity contribution is 5.94. The highest BCUT2D eigenvalue weighted by atomic mass is 19.2. The number of nitrogens with zero attached hydrogens (tertiary/aromatic N) is 1. The van der Waals surface area contributed by atoms with Crippen molar-refractivity contribution in [1.29, 1.82) is 0 Å². The van der Waals surface area contributed by atoms with Gasteiger partial charge in [-0.1, -0.05) is 12.1 Å². The topological polar surface area (TPSA) is 29.5 Å². The Balaban J connectivity index is 2.09. The molecule has 1 amide bonds. The number of ether oxygens (including phenoxy) is 1. The lowest BCUT2D eigenvalue weighted by Crippen LogP contribution is -2.35. The van der Waals surface area contributed by atoms with E-state index >= 15 is 0 Å². The normalized spacial score (nSPS) is 10.4. The lowest BCUT2D eigenvalue weighted by molar-refractivity contribution is -0.120. The van der Waals surface area contributed by atoms with Crippen molar-refractivity contribution < 1.29 is 22.7 Å². The molecule has 0 bridgehead atoms. The van der Waals surface area contributed by atoms with E-state index in [-0.39, 0.29) is 18.0 Å². The molecule has 22 heavy (non-hydrogen) atoms. The smallest absolute Gasteiger partial charge is 0.264 e. The lowest BCUT2D eigenvalue weighted by Gasteiger charge is -2.21. The Hall–Kier alpha value is -2.50. The van der Waals surface area contributed by atoms with Crippen molar-refractivity contribution in [3.63, 3.8) is 0 Å². The second-order valence-electron chi connectivity index (χ2n) is 4.46. The minimum atomic E-state index is -1.04. The highest BCUT2D eigenvalue weighted by Crippen LogP contribution is 2.19. The highest BCUT2D eigenvalue weighted by Gasteiger charge is 2.17. The van der Waals surface area contributed by atoms with Crippen molar-refractivity contribution in [2.75, 3.05) is 18.1 Å². The summed E-state index contributed by atoms with van der Waals surface area (Å²) in [6.45, 7) is 1.51. The molecule has 0 aliphatic carbocycles. The van der Waals surface area contributed by atoms with Crippen molar-refractivity contribution in [3.05, 3.63) is 59.9 Å². The van der Waals surface area contributed by atoms with Gasteiger partial charge in [0, 0.05) is 18.3 Å². The number of hydrogen-bond donors (Lipinski definition) is 0. The fourth-order valence-corrected chi connectivity index (χ4v) is 1.94. The molecular weight excluding hydrogens is 295 g/mol. The summed E-state index contributed by atoms with van der Waals surface area (Å²) in [6.07, 6.45) is 0. The third-order valence-electron chi connectivity index (χ3n) is 3.02. The van der Waals surface area contributed by atoms with Crippen LogP contribution in [0.15, 0.2) is 42.5 Å². The van der Waals surface area contributed by atoms with E-state index in [0.717, 1.165) is 12.1 Å². The summed E-state index contributed by atoms with van der Waals surface area (Å²) in [5, 5.41) is 0. The van der Waals surface area contributed by atoms with Crippen LogP contribution in [0.2, 0.25) is 0 Å². The van der Waals surface area contributed by atoms with Crippen LogP contribution in [-0.2, 0) is 4.79 Å². The third kappa shape index (κ3) is 3.58. The average molecular weight is 309 g/mol. The molecule has 0 saturated heterocycles. The second-order valence-corrected chi connectivity index (χ2v) is 4.46. The molecule has 0 N–H and O–H groups in total. The summed E-state index contributed by atoms with van der Waals surface area (Å²) in [4.78, 5) is 13.3. The van der Waals surface area contributed by atoms with Crippen LogP contribution in [0, 0.1) is 17.5 Å². The maximum atomic E-state index is 13.4. The van der Waals surface area contributed by atoms with Crippen LogP contribution < -0.4 is 9.64 Å². The number of amides is 1. The Labute approximate surface area is 125 Å². The van der Waals surface area contributed by atoms with Gasteiger partial charge in [0.1, 0.15) is 0 Å². The van der Waals surface area contributed by atoms with Gasteiger partial charge in [-0.15, -0.1) is 0 Å². The molecule has 0 radical (unpaired) electrons. The van der Waals surface area contributed by atoms with Crippen molar-refractivity contribution in [1.82, 2.24) is 0 Å². The van der Waals surface area contributed by atoms with Crippen molar-refractivity contribution in [3.8, 4) is 5.75 Å². The molecule has 0 heterocycles. The minimum Gasteiger partial charge on any atom is -0.481 e. The quantitative estimate of drug-likeness (QED) is 0.845. The average Bonchev–Trinajstić information content (AvgIpc) is 2.50. The van der Waals surface area contributed by atoms with Crippen LogP contribution in [0.1, 0.15) is 6.92 Å². The molecule has 3 nitrogen and oxygen atoms in total. The van der Waals surface area contributed by atoms with Crippen LogP contribution in [0.5, 0.6) is 5.75 Å². The third-order valence-corrected chi connectivity index (χ3v) is 3.02. The van der Waals surface area contributed by atoms with Crippen LogP contribution in [0.4, 0.5) is 18.9 Å². The van der Waals surface area contributed by atoms with E-state index in [1.807, 2.05) is 0 Å². The first kappa shape index (κ1) is 15.9. The number of hydrogen-bond acceptors (Lipinski definition) is 2. The van der Waals surface area contributed by atoms with E-state index in [1.54, 1.807) is 13.0 Å². The summed E-state index contributed by atoms with van der Waals surface area (Å²) < 4.78 is 44.7. The molecule has 116 valence electrons. The number of anilines is 1. The van der Waals surface area contributed by atoms with Crippen LogP contribution in [0.3, 0.4) is 0 Å². The van der Waals surface area contributed by atoms with Crippen molar-refractivity contribution in [2.45, 2.75) is 6.92 Å². The van der Waals surface area contributed by atoms with Crippen LogP contribution in [-0.4, -0.2) is 19.1 Å². The van der Waals surface area contributed by atoms with Crippen molar-refractivity contribution >= 4 is 11.6 Å². The van der Waals surface area contributed by atoms with E-state index in [1.165, 1.54) is 29.2 Å². The van der Waals surface area contributed by atoms with Gasteiger partial charge in [0.2, 0.25) is 0 Å². The molecule has 2 aromatic carbocycles. The summed E-state index contributed by atoms with van der Waals surface area (Å²) >= 11 is 0. The van der Waals surface area contributed by atoms with Gasteiger partial charge in [-0.05, 0) is 31.2 Å². The first-order valence-electron chi connectivity index (χ1n) is 6.65. The fraction of sp³-hybridized carbons (Fsp3) is 0.188. The predicted octanol–water partition coefficient (Wildman–Crippen LogP) is 3.54. The number of para-hydroxylation sites is 1. The number of halogens is 3. The Bertz CT molecular complexity index is 676. The monoisotopic (exact) mass is 309 g/mol. The minimum absolute atomic E-state index is 0.0443. The zero-order chi connectivity index (χ0) is 16.1. The molecule has 2 aromatic rings. The fourth-order valence-electron chi connectivity index (χ4n) is 1.94. The lowest BCUT2D eigenvalue weighted by atomic mass is 10.2. The first-order chi connectivity index (χ1) is 10.5. The number of rotatable bonds is 5. The van der Waals surface area contributed by atoms with Gasteiger partial charge in [-0.2, -0.15) is 0 Å². The predicted molar refractivity (Wildman–Crippen MR) is 76.3 cm³/mol. The van der Waals surface area contributed by atoms with E-state index < -0.39 is 30.0 Å². The zero-order valence-corrected chi connectivity index (χ0v) is 11.9. The number of carbonyl (C=O) groups is 1. The number of carbonyl (C=O) groups excluding carboxylic acids is 1. The largest absolute Gasteiger partial charge is 0.481 e. The zero-order valence-electron chi connectivity index (χ0n) is 11.9. The van der Waals surface area contributed by atoms with Gasteiger partial charge < -0.3 is 9.64 Å². The van der Waals surface area contributed by atoms with Crippen LogP contribution in [0.25, 0.3) is 0 Å². The molecule has 0 aliphatic heterocycles. The van der Waals surface area contributed by atoms with E-state index in [2.05, 4.69) is 0 Å². The maximum Gasteiger partial charge on any atom is 0.264 e. The van der Waals surface area contributed by atoms with E-state index in [4.69, 9.17) is 4.74 Å². The van der Waals surface area contributed by atoms with Gasteiger partial charge in [0.05, 0.1) is 0 Å². The van der Waals surface area contributed by atoms with Gasteiger partial charge in [-0.3, -0.25) is 4.79 Å².